The van der Waals surface area contributed by atoms with E-state index in [9.17, 15) is 0 Å². The third-order valence-corrected chi connectivity index (χ3v) is 4.34. The van der Waals surface area contributed by atoms with E-state index in [2.05, 4.69) is 27.1 Å². The summed E-state index contributed by atoms with van der Waals surface area (Å²) in [6.45, 7) is 2.66. The van der Waals surface area contributed by atoms with Gasteiger partial charge in [0.05, 0.1) is 17.2 Å². The van der Waals surface area contributed by atoms with Gasteiger partial charge < -0.3 is 10.1 Å². The first kappa shape index (κ1) is 16.0. The zero-order chi connectivity index (χ0) is 13.8. The van der Waals surface area contributed by atoms with Crippen molar-refractivity contribution in [1.29, 1.82) is 0 Å². The Morgan fingerprint density at radius 2 is 1.95 bits per heavy atom. The maximum Gasteiger partial charge on any atom is 0.187 e. The SMILES string of the molecule is Br.CCOc1ccc(Nc2nc(-c3cccs3)cs2)cc1. The molecule has 0 saturated carbocycles. The topological polar surface area (TPSA) is 34.1 Å². The lowest BCUT2D eigenvalue weighted by atomic mass is 10.3. The Hall–Kier alpha value is -1.37. The maximum atomic E-state index is 5.42. The van der Waals surface area contributed by atoms with Crippen LogP contribution in [-0.4, -0.2) is 11.6 Å². The number of benzene rings is 1. The number of nitrogens with one attached hydrogen (secondary N) is 1. The summed E-state index contributed by atoms with van der Waals surface area (Å²) >= 11 is 3.31. The molecule has 0 atom stereocenters. The molecule has 0 aliphatic heterocycles. The second kappa shape index (κ2) is 7.59. The van der Waals surface area contributed by atoms with E-state index in [0.29, 0.717) is 6.61 Å². The number of hydrogen-bond acceptors (Lipinski definition) is 5. The lowest BCUT2D eigenvalue weighted by molar-refractivity contribution is 0.340. The summed E-state index contributed by atoms with van der Waals surface area (Å²) in [7, 11) is 0. The Balaban J connectivity index is 0.00000161. The monoisotopic (exact) mass is 382 g/mol. The molecule has 0 unspecified atom stereocenters. The molecular formula is C15H15BrN2OS2. The van der Waals surface area contributed by atoms with Crippen molar-refractivity contribution in [2.75, 3.05) is 11.9 Å². The molecule has 3 rings (SSSR count). The fourth-order valence-corrected chi connectivity index (χ4v) is 3.28. The molecule has 0 saturated heterocycles. The van der Waals surface area contributed by atoms with Crippen molar-refractivity contribution in [3.05, 3.63) is 47.2 Å². The third-order valence-electron chi connectivity index (χ3n) is 2.69. The van der Waals surface area contributed by atoms with E-state index in [4.69, 9.17) is 4.74 Å². The number of ether oxygens (including phenoxy) is 1. The second-order valence-corrected chi connectivity index (χ2v) is 5.90. The van der Waals surface area contributed by atoms with Gasteiger partial charge in [-0.15, -0.1) is 39.7 Å². The number of aromatic nitrogens is 1. The van der Waals surface area contributed by atoms with Crippen LogP contribution < -0.4 is 10.1 Å². The van der Waals surface area contributed by atoms with Gasteiger partial charge in [-0.05, 0) is 42.6 Å². The van der Waals surface area contributed by atoms with Crippen molar-refractivity contribution in [2.45, 2.75) is 6.92 Å². The predicted octanol–water partition coefficient (Wildman–Crippen LogP) is 5.59. The van der Waals surface area contributed by atoms with Crippen LogP contribution in [0.25, 0.3) is 10.6 Å². The summed E-state index contributed by atoms with van der Waals surface area (Å²) in [5.41, 5.74) is 2.04. The van der Waals surface area contributed by atoms with Crippen LogP contribution in [0.2, 0.25) is 0 Å². The molecule has 6 heteroatoms. The van der Waals surface area contributed by atoms with Crippen LogP contribution in [0.1, 0.15) is 6.92 Å². The third kappa shape index (κ3) is 4.06. The van der Waals surface area contributed by atoms with Crippen molar-refractivity contribution in [3.8, 4) is 16.3 Å². The van der Waals surface area contributed by atoms with E-state index in [0.717, 1.165) is 22.3 Å². The molecule has 1 aromatic carbocycles. The predicted molar refractivity (Wildman–Crippen MR) is 96.6 cm³/mol. The minimum atomic E-state index is 0. The molecule has 110 valence electrons. The van der Waals surface area contributed by atoms with Crippen LogP contribution in [-0.2, 0) is 0 Å². The number of anilines is 2. The zero-order valence-electron chi connectivity index (χ0n) is 11.4. The fourth-order valence-electron chi connectivity index (χ4n) is 1.79. The molecule has 0 bridgehead atoms. The van der Waals surface area contributed by atoms with Gasteiger partial charge in [-0.3, -0.25) is 0 Å². The van der Waals surface area contributed by atoms with Gasteiger partial charge in [-0.2, -0.15) is 0 Å². The second-order valence-electron chi connectivity index (χ2n) is 4.10. The van der Waals surface area contributed by atoms with E-state index < -0.39 is 0 Å². The largest absolute Gasteiger partial charge is 0.494 e. The number of thiazole rings is 1. The molecule has 2 aromatic heterocycles. The summed E-state index contributed by atoms with van der Waals surface area (Å²) in [5.74, 6) is 0.886. The lowest BCUT2D eigenvalue weighted by Gasteiger charge is -2.05. The van der Waals surface area contributed by atoms with Crippen molar-refractivity contribution in [3.63, 3.8) is 0 Å². The van der Waals surface area contributed by atoms with Gasteiger partial charge >= 0.3 is 0 Å². The van der Waals surface area contributed by atoms with Gasteiger partial charge in [-0.1, -0.05) is 6.07 Å². The molecule has 0 amide bonds. The molecule has 0 radical (unpaired) electrons. The number of halogens is 1. The first-order chi connectivity index (χ1) is 9.85. The molecule has 21 heavy (non-hydrogen) atoms. The van der Waals surface area contributed by atoms with Crippen LogP contribution >= 0.6 is 39.7 Å². The summed E-state index contributed by atoms with van der Waals surface area (Å²) in [6.07, 6.45) is 0. The molecular weight excluding hydrogens is 368 g/mol. The van der Waals surface area contributed by atoms with Gasteiger partial charge in [0.25, 0.3) is 0 Å². The molecule has 2 heterocycles. The molecule has 1 N–H and O–H groups in total. The number of nitrogens with zero attached hydrogens (tertiary/aromatic N) is 1. The van der Waals surface area contributed by atoms with Gasteiger partial charge in [-0.25, -0.2) is 4.98 Å². The van der Waals surface area contributed by atoms with Crippen LogP contribution in [0.3, 0.4) is 0 Å². The van der Waals surface area contributed by atoms with Crippen LogP contribution in [0, 0.1) is 0 Å². The highest BCUT2D eigenvalue weighted by atomic mass is 79.9. The van der Waals surface area contributed by atoms with E-state index in [1.807, 2.05) is 37.3 Å². The highest BCUT2D eigenvalue weighted by Crippen LogP contribution is 2.30. The Morgan fingerprint density at radius 3 is 2.62 bits per heavy atom. The van der Waals surface area contributed by atoms with Gasteiger partial charge in [0, 0.05) is 11.1 Å². The Labute approximate surface area is 142 Å². The highest BCUT2D eigenvalue weighted by Gasteiger charge is 2.05. The summed E-state index contributed by atoms with van der Waals surface area (Å²) in [4.78, 5) is 5.79. The van der Waals surface area contributed by atoms with Crippen molar-refractivity contribution >= 4 is 50.5 Å². The van der Waals surface area contributed by atoms with Gasteiger partial charge in [0.15, 0.2) is 5.13 Å². The van der Waals surface area contributed by atoms with Crippen molar-refractivity contribution in [2.24, 2.45) is 0 Å². The van der Waals surface area contributed by atoms with Gasteiger partial charge in [0.2, 0.25) is 0 Å². The van der Waals surface area contributed by atoms with E-state index >= 15 is 0 Å². The van der Waals surface area contributed by atoms with Crippen molar-refractivity contribution < 1.29 is 4.74 Å². The Bertz CT molecular complexity index is 665. The fraction of sp³-hybridized carbons (Fsp3) is 0.133. The number of hydrogen-bond donors (Lipinski definition) is 1. The smallest absolute Gasteiger partial charge is 0.187 e. The normalized spacial score (nSPS) is 9.95. The molecule has 3 aromatic rings. The molecule has 3 nitrogen and oxygen atoms in total. The zero-order valence-corrected chi connectivity index (χ0v) is 14.8. The molecule has 0 aliphatic carbocycles. The van der Waals surface area contributed by atoms with Gasteiger partial charge in [0.1, 0.15) is 5.75 Å². The van der Waals surface area contributed by atoms with Crippen molar-refractivity contribution in [1.82, 2.24) is 4.98 Å². The number of rotatable bonds is 5. The summed E-state index contributed by atoms with van der Waals surface area (Å²) in [5, 5.41) is 8.35. The number of thiophene rings is 1. The van der Waals surface area contributed by atoms with Crippen LogP contribution in [0.5, 0.6) is 5.75 Å². The Morgan fingerprint density at radius 1 is 1.14 bits per heavy atom. The first-order valence-corrected chi connectivity index (χ1v) is 8.10. The van der Waals surface area contributed by atoms with E-state index in [-0.39, 0.29) is 17.0 Å². The Kier molecular flexibility index (Phi) is 5.78. The highest BCUT2D eigenvalue weighted by molar-refractivity contribution is 8.93. The van der Waals surface area contributed by atoms with Crippen LogP contribution in [0.15, 0.2) is 47.2 Å². The quantitative estimate of drug-likeness (QED) is 0.624. The van der Waals surface area contributed by atoms with E-state index in [1.54, 1.807) is 22.7 Å². The van der Waals surface area contributed by atoms with Crippen LogP contribution in [0.4, 0.5) is 10.8 Å². The molecule has 0 fully saturated rings. The maximum absolute atomic E-state index is 5.42. The lowest BCUT2D eigenvalue weighted by Crippen LogP contribution is -1.92. The molecule has 0 aliphatic rings. The average Bonchev–Trinajstić information content (AvgIpc) is 3.12. The summed E-state index contributed by atoms with van der Waals surface area (Å²) in [6, 6.07) is 12.0. The average molecular weight is 383 g/mol. The summed E-state index contributed by atoms with van der Waals surface area (Å²) < 4.78 is 5.42. The minimum absolute atomic E-state index is 0. The minimum Gasteiger partial charge on any atom is -0.494 e. The first-order valence-electron chi connectivity index (χ1n) is 6.34. The molecule has 0 spiro atoms. The van der Waals surface area contributed by atoms with E-state index in [1.165, 1.54) is 4.88 Å². The standard InChI is InChI=1S/C15H14N2OS2.BrH/c1-2-18-12-7-5-11(6-8-12)16-15-17-13(10-20-15)14-4-3-9-19-14;/h3-10H,2H2,1H3,(H,16,17);1H.